The Morgan fingerprint density at radius 1 is 0.696 bits per heavy atom. The molecule has 4 aromatic carbocycles. The molecule has 4 aromatic rings. The van der Waals surface area contributed by atoms with Crippen LogP contribution in [0, 0.1) is 0 Å². The second kappa shape index (κ2) is 6.91. The Morgan fingerprint density at radius 3 is 2.09 bits per heavy atom. The van der Waals surface area contributed by atoms with Crippen molar-refractivity contribution in [2.45, 2.75) is 0 Å². The third-order valence-corrected chi connectivity index (χ3v) is 3.92. The molecule has 0 aliphatic rings. The van der Waals surface area contributed by atoms with Gasteiger partial charge in [0.15, 0.2) is 0 Å². The van der Waals surface area contributed by atoms with Gasteiger partial charge in [-0.3, -0.25) is 0 Å². The average molecular weight is 328 g/mol. The minimum atomic E-state index is -1.83. The first-order chi connectivity index (χ1) is 10.7. The maximum atomic E-state index is 9.14. The molecule has 2 N–H and O–H groups in total. The summed E-state index contributed by atoms with van der Waals surface area (Å²) in [7, 11) is -1.83. The van der Waals surface area contributed by atoms with Crippen LogP contribution < -0.4 is 4.65 Å². The summed E-state index contributed by atoms with van der Waals surface area (Å²) in [6.45, 7) is 0. The van der Waals surface area contributed by atoms with Gasteiger partial charge in [0.1, 0.15) is 5.75 Å². The van der Waals surface area contributed by atoms with Crippen molar-refractivity contribution in [1.29, 1.82) is 0 Å². The van der Waals surface area contributed by atoms with Crippen molar-refractivity contribution in [3.63, 3.8) is 0 Å². The van der Waals surface area contributed by atoms with Gasteiger partial charge < -0.3 is 14.7 Å². The van der Waals surface area contributed by atoms with Crippen LogP contribution in [0.5, 0.6) is 5.75 Å². The molecule has 0 heterocycles. The molecule has 0 spiro atoms. The van der Waals surface area contributed by atoms with E-state index in [9.17, 15) is 0 Å². The zero-order valence-electron chi connectivity index (χ0n) is 11.7. The number of benzene rings is 4. The summed E-state index contributed by atoms with van der Waals surface area (Å²) >= 11 is 0. The second-order valence-electron chi connectivity index (χ2n) is 5.28. The number of hydrogen-bond acceptors (Lipinski definition) is 3. The Kier molecular flexibility index (Phi) is 5.08. The Hall–Kier alpha value is -0.919. The van der Waals surface area contributed by atoms with Crippen molar-refractivity contribution in [1.82, 2.24) is 0 Å². The molecule has 108 valence electrons. The van der Waals surface area contributed by atoms with E-state index in [1.54, 1.807) is 6.07 Å². The van der Waals surface area contributed by atoms with Gasteiger partial charge in [-0.2, -0.15) is 0 Å². The molecule has 0 fully saturated rings. The van der Waals surface area contributed by atoms with Gasteiger partial charge in [-0.05, 0) is 45.1 Å². The van der Waals surface area contributed by atoms with Gasteiger partial charge in [-0.25, -0.2) is 0 Å². The molecular formula is C18H14BKO3. The van der Waals surface area contributed by atoms with Crippen molar-refractivity contribution >= 4 is 91.0 Å². The summed E-state index contributed by atoms with van der Waals surface area (Å²) in [6, 6.07) is 22.1. The van der Waals surface area contributed by atoms with Crippen LogP contribution >= 0.6 is 0 Å². The van der Waals surface area contributed by atoms with Crippen LogP contribution in [0.4, 0.5) is 0 Å². The molecule has 0 aliphatic heterocycles. The summed E-state index contributed by atoms with van der Waals surface area (Å²) < 4.78 is 5.16. The monoisotopic (exact) mass is 328 g/mol. The molecule has 0 saturated carbocycles. The summed E-state index contributed by atoms with van der Waals surface area (Å²) in [6.07, 6.45) is 0. The normalized spacial score (nSPS) is 10.7. The van der Waals surface area contributed by atoms with Gasteiger partial charge in [0.25, 0.3) is 0 Å². The van der Waals surface area contributed by atoms with E-state index in [2.05, 4.69) is 30.3 Å². The molecule has 4 rings (SSSR count). The molecule has 23 heavy (non-hydrogen) atoms. The SMILES string of the molecule is OB(O)Oc1cccc2ccc3cc4ccccc4cc3c12.[KH]. The third-order valence-electron chi connectivity index (χ3n) is 3.92. The molecule has 0 saturated heterocycles. The van der Waals surface area contributed by atoms with E-state index in [4.69, 9.17) is 14.7 Å². The molecule has 0 aliphatic carbocycles. The molecule has 5 heteroatoms. The minimum absolute atomic E-state index is 0. The van der Waals surface area contributed by atoms with Gasteiger partial charge in [0.05, 0.1) is 0 Å². The molecule has 0 radical (unpaired) electrons. The van der Waals surface area contributed by atoms with E-state index < -0.39 is 7.32 Å². The molecular weight excluding hydrogens is 314 g/mol. The molecule has 3 nitrogen and oxygen atoms in total. The fourth-order valence-electron chi connectivity index (χ4n) is 2.98. The Morgan fingerprint density at radius 2 is 1.35 bits per heavy atom. The van der Waals surface area contributed by atoms with Crippen molar-refractivity contribution in [3.8, 4) is 5.75 Å². The van der Waals surface area contributed by atoms with Gasteiger partial charge in [-0.15, -0.1) is 0 Å². The first kappa shape index (κ1) is 16.9. The first-order valence-electron chi connectivity index (χ1n) is 7.09. The van der Waals surface area contributed by atoms with E-state index in [1.165, 1.54) is 5.39 Å². The maximum absolute atomic E-state index is 9.14. The topological polar surface area (TPSA) is 49.7 Å². The summed E-state index contributed by atoms with van der Waals surface area (Å²) in [4.78, 5) is 0. The van der Waals surface area contributed by atoms with Crippen LogP contribution in [-0.4, -0.2) is 68.8 Å². The Bertz CT molecular complexity index is 1000. The summed E-state index contributed by atoms with van der Waals surface area (Å²) in [5.41, 5.74) is 0. The van der Waals surface area contributed by atoms with Crippen molar-refractivity contribution < 1.29 is 14.7 Å². The van der Waals surface area contributed by atoms with Crippen molar-refractivity contribution in [3.05, 3.63) is 66.7 Å². The fraction of sp³-hybridized carbons (Fsp3) is 0. The van der Waals surface area contributed by atoms with Crippen molar-refractivity contribution in [2.24, 2.45) is 0 Å². The van der Waals surface area contributed by atoms with E-state index in [0.29, 0.717) is 5.75 Å². The number of rotatable bonds is 2. The van der Waals surface area contributed by atoms with Gasteiger partial charge in [-0.1, -0.05) is 48.5 Å². The van der Waals surface area contributed by atoms with E-state index in [-0.39, 0.29) is 51.4 Å². The van der Waals surface area contributed by atoms with Crippen LogP contribution in [-0.2, 0) is 0 Å². The third kappa shape index (κ3) is 3.19. The van der Waals surface area contributed by atoms with Crippen LogP contribution in [0.1, 0.15) is 0 Å². The molecule has 0 atom stereocenters. The average Bonchev–Trinajstić information content (AvgIpc) is 2.52. The van der Waals surface area contributed by atoms with Gasteiger partial charge in [0, 0.05) is 5.39 Å². The van der Waals surface area contributed by atoms with Crippen LogP contribution in [0.25, 0.3) is 32.3 Å². The van der Waals surface area contributed by atoms with Gasteiger partial charge in [0.2, 0.25) is 0 Å². The zero-order chi connectivity index (χ0) is 15.1. The van der Waals surface area contributed by atoms with Gasteiger partial charge >= 0.3 is 58.7 Å². The standard InChI is InChI=1S/C18H13BO3.K.H/c20-19(21)22-17-7-3-6-12-8-9-15-10-13-4-1-2-5-14(13)11-16(15)18(12)17;;/h1-11,20-21H;;. The van der Waals surface area contributed by atoms with Crippen molar-refractivity contribution in [2.75, 3.05) is 0 Å². The Balaban J connectivity index is 0.00000156. The summed E-state index contributed by atoms with van der Waals surface area (Å²) in [5, 5.41) is 24.6. The molecule has 0 amide bonds. The predicted molar refractivity (Wildman–Crippen MR) is 96.9 cm³/mol. The molecule has 0 aromatic heterocycles. The second-order valence-corrected chi connectivity index (χ2v) is 5.28. The predicted octanol–water partition coefficient (Wildman–Crippen LogP) is 2.85. The molecule has 0 unspecified atom stereocenters. The quantitative estimate of drug-likeness (QED) is 0.338. The summed E-state index contributed by atoms with van der Waals surface area (Å²) in [5.74, 6) is 0.466. The van der Waals surface area contributed by atoms with E-state index in [0.717, 1.165) is 26.9 Å². The van der Waals surface area contributed by atoms with E-state index >= 15 is 0 Å². The van der Waals surface area contributed by atoms with Crippen LogP contribution in [0.15, 0.2) is 66.7 Å². The van der Waals surface area contributed by atoms with Crippen LogP contribution in [0.3, 0.4) is 0 Å². The number of fused-ring (bicyclic) bond motifs is 4. The first-order valence-corrected chi connectivity index (χ1v) is 7.09. The fourth-order valence-corrected chi connectivity index (χ4v) is 2.98. The molecule has 0 bridgehead atoms. The van der Waals surface area contributed by atoms with Crippen LogP contribution in [0.2, 0.25) is 0 Å². The Labute approximate surface area is 176 Å². The number of hydrogen-bond donors (Lipinski definition) is 2. The zero-order valence-corrected chi connectivity index (χ0v) is 11.7. The van der Waals surface area contributed by atoms with E-state index in [1.807, 2.05) is 30.3 Å².